The molecule has 3 rings (SSSR count). The normalized spacial score (nSPS) is 11.1. The number of aromatic nitrogens is 1. The van der Waals surface area contributed by atoms with Gasteiger partial charge in [-0.2, -0.15) is 5.10 Å². The first kappa shape index (κ1) is 14.4. The third-order valence-corrected chi connectivity index (χ3v) is 4.10. The van der Waals surface area contributed by atoms with E-state index in [1.165, 1.54) is 29.7 Å². The predicted octanol–water partition coefficient (Wildman–Crippen LogP) is 4.30. The molecule has 1 heterocycles. The van der Waals surface area contributed by atoms with E-state index in [-0.39, 0.29) is 10.7 Å². The van der Waals surface area contributed by atoms with Crippen LogP contribution < -0.4 is 5.43 Å². The van der Waals surface area contributed by atoms with Crippen LogP contribution in [0.5, 0.6) is 0 Å². The first-order valence-corrected chi connectivity index (χ1v) is 7.41. The van der Waals surface area contributed by atoms with Gasteiger partial charge >= 0.3 is 0 Å². The molecule has 0 aliphatic rings. The minimum atomic E-state index is -0.527. The number of anilines is 1. The Morgan fingerprint density at radius 3 is 2.91 bits per heavy atom. The van der Waals surface area contributed by atoms with E-state index >= 15 is 0 Å². The van der Waals surface area contributed by atoms with Gasteiger partial charge in [0, 0.05) is 11.6 Å². The predicted molar refractivity (Wildman–Crippen MR) is 88.9 cm³/mol. The van der Waals surface area contributed by atoms with Crippen LogP contribution in [-0.2, 0) is 0 Å². The molecule has 0 saturated carbocycles. The largest absolute Gasteiger partial charge is 0.288 e. The molecule has 110 valence electrons. The van der Waals surface area contributed by atoms with Crippen molar-refractivity contribution in [2.24, 2.45) is 5.10 Å². The van der Waals surface area contributed by atoms with Crippen molar-refractivity contribution >= 4 is 50.2 Å². The summed E-state index contributed by atoms with van der Waals surface area (Å²) in [7, 11) is 0. The van der Waals surface area contributed by atoms with Gasteiger partial charge in [-0.25, -0.2) is 4.98 Å². The van der Waals surface area contributed by atoms with Crippen LogP contribution in [0, 0.1) is 10.1 Å². The molecular weight excluding hydrogens is 324 g/mol. The lowest BCUT2D eigenvalue weighted by molar-refractivity contribution is -0.384. The summed E-state index contributed by atoms with van der Waals surface area (Å²) in [5.41, 5.74) is 4.14. The fourth-order valence-corrected chi connectivity index (χ4v) is 2.83. The van der Waals surface area contributed by atoms with E-state index in [9.17, 15) is 10.1 Å². The van der Waals surface area contributed by atoms with E-state index in [1.807, 2.05) is 24.3 Å². The van der Waals surface area contributed by atoms with Crippen LogP contribution in [0.15, 0.2) is 47.6 Å². The van der Waals surface area contributed by atoms with E-state index in [1.54, 1.807) is 6.07 Å². The van der Waals surface area contributed by atoms with Gasteiger partial charge in [-0.05, 0) is 18.2 Å². The molecule has 0 spiro atoms. The zero-order valence-electron chi connectivity index (χ0n) is 11.1. The summed E-state index contributed by atoms with van der Waals surface area (Å²) in [6.07, 6.45) is 1.48. The monoisotopic (exact) mass is 332 g/mol. The molecule has 8 heteroatoms. The Labute approximate surface area is 134 Å². The highest BCUT2D eigenvalue weighted by molar-refractivity contribution is 7.22. The lowest BCUT2D eigenvalue weighted by Gasteiger charge is -1.97. The molecule has 0 unspecified atom stereocenters. The third-order valence-electron chi connectivity index (χ3n) is 2.83. The van der Waals surface area contributed by atoms with Crippen molar-refractivity contribution < 1.29 is 4.92 Å². The number of nitro groups is 1. The quantitative estimate of drug-likeness (QED) is 0.438. The summed E-state index contributed by atoms with van der Waals surface area (Å²) in [5, 5.41) is 15.6. The average Bonchev–Trinajstić information content (AvgIpc) is 2.91. The van der Waals surface area contributed by atoms with Crippen molar-refractivity contribution in [2.45, 2.75) is 0 Å². The van der Waals surface area contributed by atoms with Crippen LogP contribution in [0.1, 0.15) is 5.56 Å². The van der Waals surface area contributed by atoms with Gasteiger partial charge in [0.05, 0.1) is 21.4 Å². The van der Waals surface area contributed by atoms with E-state index in [2.05, 4.69) is 15.5 Å². The summed E-state index contributed by atoms with van der Waals surface area (Å²) in [6, 6.07) is 12.2. The summed E-state index contributed by atoms with van der Waals surface area (Å²) in [4.78, 5) is 14.7. The van der Waals surface area contributed by atoms with Crippen LogP contribution in [-0.4, -0.2) is 16.1 Å². The van der Waals surface area contributed by atoms with Crippen molar-refractivity contribution in [3.63, 3.8) is 0 Å². The van der Waals surface area contributed by atoms with E-state index in [0.29, 0.717) is 10.7 Å². The number of hydrogen-bond acceptors (Lipinski definition) is 6. The van der Waals surface area contributed by atoms with Crippen molar-refractivity contribution in [2.75, 3.05) is 5.43 Å². The van der Waals surface area contributed by atoms with Gasteiger partial charge in [-0.3, -0.25) is 15.5 Å². The number of fused-ring (bicyclic) bond motifs is 1. The lowest BCUT2D eigenvalue weighted by atomic mass is 10.2. The van der Waals surface area contributed by atoms with Crippen LogP contribution in [0.25, 0.3) is 10.2 Å². The number of benzene rings is 2. The van der Waals surface area contributed by atoms with Crippen LogP contribution in [0.4, 0.5) is 10.8 Å². The molecule has 0 aliphatic carbocycles. The van der Waals surface area contributed by atoms with Crippen molar-refractivity contribution in [3.8, 4) is 0 Å². The summed E-state index contributed by atoms with van der Waals surface area (Å²) < 4.78 is 1.06. The van der Waals surface area contributed by atoms with Gasteiger partial charge in [-0.15, -0.1) is 0 Å². The first-order valence-electron chi connectivity index (χ1n) is 6.22. The second-order valence-electron chi connectivity index (χ2n) is 4.32. The molecule has 22 heavy (non-hydrogen) atoms. The standard InChI is InChI=1S/C14H9ClN4O2S/c15-10-6-5-9(7-12(10)19(20)21)8-16-18-14-17-11-3-1-2-4-13(11)22-14/h1-8H,(H,17,18)/b16-8-. The Bertz CT molecular complexity index is 845. The highest BCUT2D eigenvalue weighted by Crippen LogP contribution is 2.26. The average molecular weight is 333 g/mol. The van der Waals surface area contributed by atoms with Gasteiger partial charge in [0.25, 0.3) is 5.69 Å². The first-order chi connectivity index (χ1) is 10.6. The molecule has 1 aromatic heterocycles. The molecule has 0 radical (unpaired) electrons. The topological polar surface area (TPSA) is 80.4 Å². The maximum atomic E-state index is 10.8. The Morgan fingerprint density at radius 2 is 2.14 bits per heavy atom. The number of para-hydroxylation sites is 1. The Morgan fingerprint density at radius 1 is 1.32 bits per heavy atom. The minimum absolute atomic E-state index is 0.0984. The molecular formula is C14H9ClN4O2S. The van der Waals surface area contributed by atoms with Crippen molar-refractivity contribution in [1.29, 1.82) is 0 Å². The van der Waals surface area contributed by atoms with Crippen LogP contribution >= 0.6 is 22.9 Å². The molecule has 0 amide bonds. The van der Waals surface area contributed by atoms with Crippen LogP contribution in [0.2, 0.25) is 5.02 Å². The van der Waals surface area contributed by atoms with Gasteiger partial charge in [0.2, 0.25) is 5.13 Å². The number of nitrogens with zero attached hydrogens (tertiary/aromatic N) is 3. The van der Waals surface area contributed by atoms with Gasteiger partial charge in [0.1, 0.15) is 5.02 Å². The molecule has 0 aliphatic heterocycles. The molecule has 0 atom stereocenters. The van der Waals surface area contributed by atoms with Crippen LogP contribution in [0.3, 0.4) is 0 Å². The number of hydrazone groups is 1. The summed E-state index contributed by atoms with van der Waals surface area (Å²) >= 11 is 7.23. The highest BCUT2D eigenvalue weighted by atomic mass is 35.5. The summed E-state index contributed by atoms with van der Waals surface area (Å²) in [5.74, 6) is 0. The highest BCUT2D eigenvalue weighted by Gasteiger charge is 2.11. The number of hydrogen-bond donors (Lipinski definition) is 1. The molecule has 0 fully saturated rings. The summed E-state index contributed by atoms with van der Waals surface area (Å²) in [6.45, 7) is 0. The molecule has 3 aromatic rings. The number of nitrogens with one attached hydrogen (secondary N) is 1. The van der Waals surface area contributed by atoms with Gasteiger partial charge in [0.15, 0.2) is 0 Å². The number of halogens is 1. The molecule has 6 nitrogen and oxygen atoms in total. The van der Waals surface area contributed by atoms with E-state index < -0.39 is 4.92 Å². The van der Waals surface area contributed by atoms with Gasteiger partial charge in [-0.1, -0.05) is 41.1 Å². The third kappa shape index (κ3) is 3.05. The zero-order chi connectivity index (χ0) is 15.5. The second kappa shape index (κ2) is 6.08. The number of rotatable bonds is 4. The number of nitro benzene ring substituents is 1. The fraction of sp³-hybridized carbons (Fsp3) is 0. The van der Waals surface area contributed by atoms with E-state index in [4.69, 9.17) is 11.6 Å². The SMILES string of the molecule is O=[N+]([O-])c1cc(/C=N\Nc2nc3ccccc3s2)ccc1Cl. The Kier molecular flexibility index (Phi) is 3.99. The second-order valence-corrected chi connectivity index (χ2v) is 5.76. The zero-order valence-corrected chi connectivity index (χ0v) is 12.6. The van der Waals surface area contributed by atoms with Gasteiger partial charge < -0.3 is 0 Å². The molecule has 0 bridgehead atoms. The Balaban J connectivity index is 1.77. The Hall–Kier alpha value is -2.51. The van der Waals surface area contributed by atoms with E-state index in [0.717, 1.165) is 10.2 Å². The van der Waals surface area contributed by atoms with Crippen molar-refractivity contribution in [1.82, 2.24) is 4.98 Å². The lowest BCUT2D eigenvalue weighted by Crippen LogP contribution is -1.93. The maximum absolute atomic E-state index is 10.8. The maximum Gasteiger partial charge on any atom is 0.288 e. The van der Waals surface area contributed by atoms with Crippen molar-refractivity contribution in [3.05, 3.63) is 63.2 Å². The number of thiazole rings is 1. The molecule has 1 N–H and O–H groups in total. The minimum Gasteiger partial charge on any atom is -0.258 e. The smallest absolute Gasteiger partial charge is 0.258 e. The molecule has 2 aromatic carbocycles. The molecule has 0 saturated heterocycles. The fourth-order valence-electron chi connectivity index (χ4n) is 1.83.